The number of nitrogens with zero attached hydrogens (tertiary/aromatic N) is 1. The lowest BCUT2D eigenvalue weighted by Crippen LogP contribution is -2.41. The SMILES string of the molecule is O=C(COC(=O)[C@@H]1C[C@@H](O)CN1S(=O)(=O)c1ccc(Cl)cc1)c1cccc(Cl)c1. The predicted octanol–water partition coefficient (Wildman–Crippen LogP) is 2.54. The number of hydrogen-bond donors (Lipinski definition) is 1. The second-order valence-electron chi connectivity index (χ2n) is 6.48. The van der Waals surface area contributed by atoms with Crippen molar-refractivity contribution in [3.63, 3.8) is 0 Å². The molecule has 0 spiro atoms. The van der Waals surface area contributed by atoms with Gasteiger partial charge in [-0.2, -0.15) is 4.31 Å². The highest BCUT2D eigenvalue weighted by Gasteiger charge is 2.44. The van der Waals surface area contributed by atoms with E-state index in [0.29, 0.717) is 10.0 Å². The van der Waals surface area contributed by atoms with Gasteiger partial charge in [0.15, 0.2) is 12.4 Å². The van der Waals surface area contributed by atoms with Gasteiger partial charge in [0.1, 0.15) is 6.04 Å². The molecule has 0 aromatic heterocycles. The molecule has 0 amide bonds. The van der Waals surface area contributed by atoms with E-state index in [-0.39, 0.29) is 23.4 Å². The zero-order valence-corrected chi connectivity index (χ0v) is 17.3. The molecular weight excluding hydrogens is 441 g/mol. The first kappa shape index (κ1) is 21.7. The molecule has 0 radical (unpaired) electrons. The van der Waals surface area contributed by atoms with Crippen LogP contribution >= 0.6 is 23.2 Å². The molecule has 1 aliphatic heterocycles. The Morgan fingerprint density at radius 1 is 1.10 bits per heavy atom. The van der Waals surface area contributed by atoms with Gasteiger partial charge in [0.05, 0.1) is 11.0 Å². The van der Waals surface area contributed by atoms with E-state index in [9.17, 15) is 23.1 Å². The quantitative estimate of drug-likeness (QED) is 0.528. The van der Waals surface area contributed by atoms with Gasteiger partial charge in [0.2, 0.25) is 10.0 Å². The lowest BCUT2D eigenvalue weighted by atomic mass is 10.1. The number of esters is 1. The summed E-state index contributed by atoms with van der Waals surface area (Å²) in [7, 11) is -4.07. The molecule has 0 bridgehead atoms. The Morgan fingerprint density at radius 3 is 2.45 bits per heavy atom. The summed E-state index contributed by atoms with van der Waals surface area (Å²) in [6, 6.07) is 10.4. The van der Waals surface area contributed by atoms with E-state index in [1.165, 1.54) is 36.4 Å². The molecule has 1 aliphatic rings. The fourth-order valence-corrected chi connectivity index (χ4v) is 4.93. The van der Waals surface area contributed by atoms with Crippen molar-refractivity contribution in [3.05, 3.63) is 64.1 Å². The number of carbonyl (C=O) groups is 2. The Hall–Kier alpha value is -1.97. The minimum absolute atomic E-state index is 0.0659. The number of Topliss-reactive ketones (excluding diaryl/α,β-unsaturated/α-hetero) is 1. The number of ketones is 1. The molecule has 0 aliphatic carbocycles. The maximum atomic E-state index is 12.9. The van der Waals surface area contributed by atoms with Crippen LogP contribution in [0.15, 0.2) is 53.4 Å². The second kappa shape index (κ2) is 8.81. The van der Waals surface area contributed by atoms with E-state index >= 15 is 0 Å². The second-order valence-corrected chi connectivity index (χ2v) is 9.24. The van der Waals surface area contributed by atoms with E-state index in [1.54, 1.807) is 12.1 Å². The smallest absolute Gasteiger partial charge is 0.325 e. The number of aliphatic hydroxyl groups is 1. The molecule has 154 valence electrons. The summed E-state index contributed by atoms with van der Waals surface area (Å²) in [5.74, 6) is -1.39. The van der Waals surface area contributed by atoms with Gasteiger partial charge in [-0.05, 0) is 36.4 Å². The predicted molar refractivity (Wildman–Crippen MR) is 106 cm³/mol. The van der Waals surface area contributed by atoms with Gasteiger partial charge in [-0.3, -0.25) is 9.59 Å². The van der Waals surface area contributed by atoms with Crippen LogP contribution in [0.4, 0.5) is 0 Å². The van der Waals surface area contributed by atoms with Crippen molar-refractivity contribution in [2.75, 3.05) is 13.2 Å². The number of hydrogen-bond acceptors (Lipinski definition) is 6. The van der Waals surface area contributed by atoms with Gasteiger partial charge >= 0.3 is 5.97 Å². The topological polar surface area (TPSA) is 101 Å². The molecule has 2 aromatic rings. The molecule has 2 aromatic carbocycles. The number of benzene rings is 2. The first-order valence-electron chi connectivity index (χ1n) is 8.59. The van der Waals surface area contributed by atoms with E-state index in [4.69, 9.17) is 27.9 Å². The summed E-state index contributed by atoms with van der Waals surface area (Å²) in [4.78, 5) is 24.6. The number of aliphatic hydroxyl groups excluding tert-OH is 1. The number of β-amino-alcohol motifs (C(OH)–C–C–N with tert-alkyl or cyclic N) is 1. The Balaban J connectivity index is 1.73. The zero-order chi connectivity index (χ0) is 21.2. The Labute approximate surface area is 177 Å². The molecule has 1 fully saturated rings. The highest BCUT2D eigenvalue weighted by atomic mass is 35.5. The highest BCUT2D eigenvalue weighted by molar-refractivity contribution is 7.89. The fourth-order valence-electron chi connectivity index (χ4n) is 2.98. The monoisotopic (exact) mass is 457 g/mol. The third-order valence-corrected chi connectivity index (χ3v) is 6.79. The van der Waals surface area contributed by atoms with Crippen molar-refractivity contribution < 1.29 is 27.9 Å². The first-order chi connectivity index (χ1) is 13.7. The summed E-state index contributed by atoms with van der Waals surface area (Å²) in [5.41, 5.74) is 0.266. The Kier molecular flexibility index (Phi) is 6.60. The molecule has 29 heavy (non-hydrogen) atoms. The standard InChI is InChI=1S/C19H17Cl2NO6S/c20-13-4-6-16(7-5-13)29(26,27)22-10-15(23)9-17(22)19(25)28-11-18(24)12-2-1-3-14(21)8-12/h1-8,15,17,23H,9-11H2/t15-,17+/m1/s1. The highest BCUT2D eigenvalue weighted by Crippen LogP contribution is 2.28. The van der Waals surface area contributed by atoms with Crippen molar-refractivity contribution in [3.8, 4) is 0 Å². The van der Waals surface area contributed by atoms with Crippen LogP contribution in [0, 0.1) is 0 Å². The third kappa shape index (κ3) is 4.96. The zero-order valence-electron chi connectivity index (χ0n) is 15.0. The number of ether oxygens (including phenoxy) is 1. The van der Waals surface area contributed by atoms with Gasteiger partial charge in [0, 0.05) is 28.6 Å². The van der Waals surface area contributed by atoms with E-state index < -0.39 is 40.5 Å². The molecule has 0 saturated carbocycles. The van der Waals surface area contributed by atoms with Crippen molar-refractivity contribution in [1.82, 2.24) is 4.31 Å². The Bertz CT molecular complexity index is 1030. The normalized spacial score (nSPS) is 19.8. The molecule has 10 heteroatoms. The summed E-state index contributed by atoms with van der Waals surface area (Å²) in [5, 5.41) is 10.7. The van der Waals surface area contributed by atoms with Gasteiger partial charge < -0.3 is 9.84 Å². The van der Waals surface area contributed by atoms with Crippen LogP contribution in [-0.4, -0.2) is 54.9 Å². The maximum absolute atomic E-state index is 12.9. The molecule has 7 nitrogen and oxygen atoms in total. The first-order valence-corrected chi connectivity index (χ1v) is 10.8. The lowest BCUT2D eigenvalue weighted by molar-refractivity contribution is -0.146. The minimum atomic E-state index is -4.07. The Morgan fingerprint density at radius 2 is 1.79 bits per heavy atom. The number of carbonyl (C=O) groups excluding carboxylic acids is 2. The number of halogens is 2. The summed E-state index contributed by atoms with van der Waals surface area (Å²) < 4.78 is 31.7. The third-order valence-electron chi connectivity index (χ3n) is 4.42. The van der Waals surface area contributed by atoms with Gasteiger partial charge in [-0.15, -0.1) is 0 Å². The van der Waals surface area contributed by atoms with Crippen LogP contribution in [0.3, 0.4) is 0 Å². The van der Waals surface area contributed by atoms with Gasteiger partial charge in [-0.1, -0.05) is 35.3 Å². The molecule has 1 heterocycles. The van der Waals surface area contributed by atoms with Crippen LogP contribution in [0.2, 0.25) is 10.0 Å². The average molecular weight is 458 g/mol. The largest absolute Gasteiger partial charge is 0.456 e. The number of rotatable bonds is 6. The van der Waals surface area contributed by atoms with Crippen molar-refractivity contribution >= 4 is 45.0 Å². The van der Waals surface area contributed by atoms with E-state index in [1.807, 2.05) is 0 Å². The summed E-state index contributed by atoms with van der Waals surface area (Å²) >= 11 is 11.6. The molecule has 2 atom stereocenters. The van der Waals surface area contributed by atoms with Crippen molar-refractivity contribution in [1.29, 1.82) is 0 Å². The van der Waals surface area contributed by atoms with E-state index in [0.717, 1.165) is 4.31 Å². The fraction of sp³-hybridized carbons (Fsp3) is 0.263. The maximum Gasteiger partial charge on any atom is 0.325 e. The number of sulfonamides is 1. The summed E-state index contributed by atoms with van der Waals surface area (Å²) in [6.07, 6.45) is -1.16. The van der Waals surface area contributed by atoms with Crippen LogP contribution in [-0.2, 0) is 19.6 Å². The summed E-state index contributed by atoms with van der Waals surface area (Å²) in [6.45, 7) is -0.826. The molecule has 3 rings (SSSR count). The van der Waals surface area contributed by atoms with Crippen LogP contribution in [0.5, 0.6) is 0 Å². The average Bonchev–Trinajstić information content (AvgIpc) is 3.09. The van der Waals surface area contributed by atoms with Crippen LogP contribution < -0.4 is 0 Å². The van der Waals surface area contributed by atoms with Gasteiger partial charge in [-0.25, -0.2) is 8.42 Å². The van der Waals surface area contributed by atoms with Crippen molar-refractivity contribution in [2.45, 2.75) is 23.5 Å². The van der Waals surface area contributed by atoms with E-state index in [2.05, 4.69) is 0 Å². The minimum Gasteiger partial charge on any atom is -0.456 e. The molecule has 0 unspecified atom stereocenters. The lowest BCUT2D eigenvalue weighted by Gasteiger charge is -2.22. The van der Waals surface area contributed by atoms with Crippen LogP contribution in [0.25, 0.3) is 0 Å². The molecule has 1 saturated heterocycles. The molecular formula is C19H17Cl2NO6S. The van der Waals surface area contributed by atoms with Crippen LogP contribution in [0.1, 0.15) is 16.8 Å². The van der Waals surface area contributed by atoms with Crippen molar-refractivity contribution in [2.24, 2.45) is 0 Å². The molecule has 1 N–H and O–H groups in total. The van der Waals surface area contributed by atoms with Gasteiger partial charge in [0.25, 0.3) is 0 Å².